The lowest BCUT2D eigenvalue weighted by Gasteiger charge is -2.40. The number of thiazole rings is 1. The second-order valence-electron chi connectivity index (χ2n) is 7.82. The molecular formula is C23H25N5OS. The molecule has 6 nitrogen and oxygen atoms in total. The van der Waals surface area contributed by atoms with E-state index < -0.39 is 0 Å². The molecule has 1 atom stereocenters. The molecule has 1 saturated heterocycles. The topological polar surface area (TPSA) is 56.9 Å². The molecule has 0 aliphatic carbocycles. The molecule has 5 rings (SSSR count). The lowest BCUT2D eigenvalue weighted by molar-refractivity contribution is 0.211. The summed E-state index contributed by atoms with van der Waals surface area (Å²) in [5, 5.41) is 15.4. The summed E-state index contributed by atoms with van der Waals surface area (Å²) in [6.45, 7) is 7.69. The van der Waals surface area contributed by atoms with Crippen molar-refractivity contribution < 1.29 is 5.11 Å². The van der Waals surface area contributed by atoms with Gasteiger partial charge < -0.3 is 10.0 Å². The number of hydrogen-bond acceptors (Lipinski definition) is 6. The number of aryl methyl sites for hydroxylation is 2. The predicted octanol–water partition coefficient (Wildman–Crippen LogP) is 4.02. The lowest BCUT2D eigenvalue weighted by Crippen LogP contribution is -2.47. The number of aromatic hydroxyl groups is 1. The monoisotopic (exact) mass is 419 g/mol. The second-order valence-corrected chi connectivity index (χ2v) is 8.83. The van der Waals surface area contributed by atoms with Crippen LogP contribution in [0.4, 0.5) is 5.69 Å². The molecule has 0 unspecified atom stereocenters. The van der Waals surface area contributed by atoms with Crippen LogP contribution in [0.15, 0.2) is 54.6 Å². The Morgan fingerprint density at radius 2 is 1.73 bits per heavy atom. The van der Waals surface area contributed by atoms with E-state index in [0.29, 0.717) is 5.82 Å². The highest BCUT2D eigenvalue weighted by atomic mass is 32.1. The Labute approximate surface area is 180 Å². The molecular weight excluding hydrogens is 394 g/mol. The third-order valence-corrected chi connectivity index (χ3v) is 6.79. The number of anilines is 1. The van der Waals surface area contributed by atoms with Crippen LogP contribution in [0, 0.1) is 13.8 Å². The Hall–Kier alpha value is -2.90. The number of rotatable bonds is 4. The zero-order valence-corrected chi connectivity index (χ0v) is 18.0. The molecule has 30 heavy (non-hydrogen) atoms. The van der Waals surface area contributed by atoms with Crippen molar-refractivity contribution in [3.05, 3.63) is 76.4 Å². The Morgan fingerprint density at radius 1 is 0.967 bits per heavy atom. The van der Waals surface area contributed by atoms with E-state index in [1.165, 1.54) is 28.2 Å². The minimum absolute atomic E-state index is 0.0170. The van der Waals surface area contributed by atoms with Crippen molar-refractivity contribution in [3.8, 4) is 5.88 Å². The van der Waals surface area contributed by atoms with Crippen molar-refractivity contribution in [2.24, 2.45) is 0 Å². The van der Waals surface area contributed by atoms with Crippen LogP contribution in [0.3, 0.4) is 0 Å². The first-order valence-corrected chi connectivity index (χ1v) is 11.1. The second kappa shape index (κ2) is 7.74. The highest BCUT2D eigenvalue weighted by Gasteiger charge is 2.31. The first kappa shape index (κ1) is 19.1. The van der Waals surface area contributed by atoms with Gasteiger partial charge in [-0.25, -0.2) is 4.98 Å². The van der Waals surface area contributed by atoms with Crippen molar-refractivity contribution in [1.82, 2.24) is 19.5 Å². The van der Waals surface area contributed by atoms with Crippen LogP contribution in [0.1, 0.15) is 27.9 Å². The molecule has 0 amide bonds. The molecule has 3 heterocycles. The smallest absolute Gasteiger partial charge is 0.230 e. The summed E-state index contributed by atoms with van der Waals surface area (Å²) in [6, 6.07) is 19.1. The van der Waals surface area contributed by atoms with E-state index in [9.17, 15) is 5.11 Å². The maximum absolute atomic E-state index is 11.0. The van der Waals surface area contributed by atoms with Crippen molar-refractivity contribution in [2.75, 3.05) is 31.1 Å². The summed E-state index contributed by atoms with van der Waals surface area (Å²) < 4.78 is 1.57. The number of aromatic nitrogens is 3. The van der Waals surface area contributed by atoms with E-state index in [1.807, 2.05) is 6.92 Å². The largest absolute Gasteiger partial charge is 0.492 e. The molecule has 1 aliphatic heterocycles. The summed E-state index contributed by atoms with van der Waals surface area (Å²) in [6.07, 6.45) is 0. The summed E-state index contributed by atoms with van der Waals surface area (Å²) in [5.74, 6) is 0.874. The van der Waals surface area contributed by atoms with Gasteiger partial charge in [0, 0.05) is 31.9 Å². The standard InChI is InChI=1S/C23H25N5OS/c1-16-7-6-8-18(15-16)20(21-22(29)28-23(30-21)24-17(2)25-28)27-13-11-26(12-14-27)19-9-4-3-5-10-19/h3-10,15,20,29H,11-14H2,1-2H3/t20-/m1/s1. The average Bonchev–Trinajstić information content (AvgIpc) is 3.27. The van der Waals surface area contributed by atoms with Gasteiger partial charge in [-0.2, -0.15) is 4.52 Å². The van der Waals surface area contributed by atoms with Gasteiger partial charge in [-0.3, -0.25) is 4.90 Å². The quantitative estimate of drug-likeness (QED) is 0.541. The molecule has 0 bridgehead atoms. The molecule has 0 spiro atoms. The number of piperazine rings is 1. The molecule has 2 aromatic carbocycles. The van der Waals surface area contributed by atoms with E-state index in [1.54, 1.807) is 4.52 Å². The summed E-state index contributed by atoms with van der Waals surface area (Å²) >= 11 is 1.53. The van der Waals surface area contributed by atoms with Gasteiger partial charge in [0.25, 0.3) is 0 Å². The minimum atomic E-state index is -0.0170. The fourth-order valence-electron chi connectivity index (χ4n) is 4.27. The molecule has 0 radical (unpaired) electrons. The highest BCUT2D eigenvalue weighted by molar-refractivity contribution is 7.17. The van der Waals surface area contributed by atoms with E-state index in [2.05, 4.69) is 81.4 Å². The van der Waals surface area contributed by atoms with Gasteiger partial charge in [0.2, 0.25) is 10.8 Å². The van der Waals surface area contributed by atoms with Crippen LogP contribution >= 0.6 is 11.3 Å². The van der Waals surface area contributed by atoms with Gasteiger partial charge in [-0.1, -0.05) is 59.4 Å². The first-order valence-electron chi connectivity index (χ1n) is 10.3. The Bertz CT molecular complexity index is 1160. The van der Waals surface area contributed by atoms with Crippen molar-refractivity contribution in [1.29, 1.82) is 0 Å². The number of para-hydroxylation sites is 1. The maximum Gasteiger partial charge on any atom is 0.230 e. The average molecular weight is 420 g/mol. The fourth-order valence-corrected chi connectivity index (χ4v) is 5.43. The van der Waals surface area contributed by atoms with Gasteiger partial charge in [0.05, 0.1) is 10.9 Å². The lowest BCUT2D eigenvalue weighted by atomic mass is 10.0. The summed E-state index contributed by atoms with van der Waals surface area (Å²) in [7, 11) is 0. The van der Waals surface area contributed by atoms with Crippen molar-refractivity contribution in [3.63, 3.8) is 0 Å². The Kier molecular flexibility index (Phi) is 4.92. The third-order valence-electron chi connectivity index (χ3n) is 5.71. The van der Waals surface area contributed by atoms with Crippen LogP contribution in [0.25, 0.3) is 4.96 Å². The SMILES string of the molecule is Cc1cccc([C@H](c2sc3nc(C)nn3c2O)N2CCN(c3ccccc3)CC2)c1. The first-order chi connectivity index (χ1) is 14.6. The molecule has 154 valence electrons. The molecule has 2 aromatic heterocycles. The molecule has 7 heteroatoms. The van der Waals surface area contributed by atoms with Crippen LogP contribution < -0.4 is 4.90 Å². The zero-order chi connectivity index (χ0) is 20.7. The molecule has 0 saturated carbocycles. The number of hydrogen-bond donors (Lipinski definition) is 1. The molecule has 1 aliphatic rings. The third kappa shape index (κ3) is 3.44. The van der Waals surface area contributed by atoms with Crippen LogP contribution in [-0.2, 0) is 0 Å². The van der Waals surface area contributed by atoms with Crippen LogP contribution in [-0.4, -0.2) is 50.8 Å². The highest BCUT2D eigenvalue weighted by Crippen LogP contribution is 2.40. The summed E-state index contributed by atoms with van der Waals surface area (Å²) in [5.41, 5.74) is 3.68. The summed E-state index contributed by atoms with van der Waals surface area (Å²) in [4.78, 5) is 11.0. The van der Waals surface area contributed by atoms with Gasteiger partial charge >= 0.3 is 0 Å². The van der Waals surface area contributed by atoms with Gasteiger partial charge in [0.1, 0.15) is 5.82 Å². The van der Waals surface area contributed by atoms with E-state index >= 15 is 0 Å². The van der Waals surface area contributed by atoms with E-state index in [4.69, 9.17) is 0 Å². The minimum Gasteiger partial charge on any atom is -0.492 e. The molecule has 1 fully saturated rings. The number of nitrogens with zero attached hydrogens (tertiary/aromatic N) is 5. The Morgan fingerprint density at radius 3 is 2.43 bits per heavy atom. The van der Waals surface area contributed by atoms with Crippen LogP contribution in [0.2, 0.25) is 0 Å². The number of fused-ring (bicyclic) bond motifs is 1. The number of benzene rings is 2. The zero-order valence-electron chi connectivity index (χ0n) is 17.2. The van der Waals surface area contributed by atoms with Crippen molar-refractivity contribution in [2.45, 2.75) is 19.9 Å². The van der Waals surface area contributed by atoms with Gasteiger partial charge in [-0.05, 0) is 31.5 Å². The normalized spacial score (nSPS) is 16.3. The molecule has 4 aromatic rings. The van der Waals surface area contributed by atoms with Gasteiger partial charge in [-0.15, -0.1) is 5.10 Å². The van der Waals surface area contributed by atoms with Crippen LogP contribution in [0.5, 0.6) is 5.88 Å². The van der Waals surface area contributed by atoms with E-state index in [-0.39, 0.29) is 11.9 Å². The predicted molar refractivity (Wildman–Crippen MR) is 121 cm³/mol. The Balaban J connectivity index is 1.49. The fraction of sp³-hybridized carbons (Fsp3) is 0.304. The van der Waals surface area contributed by atoms with Crippen molar-refractivity contribution >= 4 is 22.0 Å². The van der Waals surface area contributed by atoms with E-state index in [0.717, 1.165) is 36.0 Å². The maximum atomic E-state index is 11.0. The molecule has 1 N–H and O–H groups in total. The van der Waals surface area contributed by atoms with Gasteiger partial charge in [0.15, 0.2) is 0 Å².